The Hall–Kier alpha value is -1.47. The van der Waals surface area contributed by atoms with Gasteiger partial charge in [0.25, 0.3) is 0 Å². The Balaban J connectivity index is 2.90. The topological polar surface area (TPSA) is 18.5 Å². The van der Waals surface area contributed by atoms with Gasteiger partial charge in [-0.3, -0.25) is 0 Å². The van der Waals surface area contributed by atoms with Crippen LogP contribution < -0.4 is 20.1 Å². The predicted molar refractivity (Wildman–Crippen MR) is 158 cm³/mol. The Morgan fingerprint density at radius 1 is 0.500 bits per heavy atom. The van der Waals surface area contributed by atoms with Crippen LogP contribution in [0, 0.1) is 0 Å². The SMILES string of the molecule is [BH3-][PH+](c1cc(C(C)(C)C)c(OC)c(C(C)(C)C)c1)c1cc(C(C)(C)C)c(OC)c(C(C)(C)C)c1. The Morgan fingerprint density at radius 2 is 0.706 bits per heavy atom. The first-order chi connectivity index (χ1) is 15.2. The van der Waals surface area contributed by atoms with E-state index in [1.165, 1.54) is 22.3 Å². The van der Waals surface area contributed by atoms with Crippen molar-refractivity contribution in [2.24, 2.45) is 0 Å². The maximum atomic E-state index is 6.04. The summed E-state index contributed by atoms with van der Waals surface area (Å²) in [4.78, 5) is 0. The molecule has 0 N–H and O–H groups in total. The molecule has 0 fully saturated rings. The highest BCUT2D eigenvalue weighted by molar-refractivity contribution is 7.94. The smallest absolute Gasteiger partial charge is 0.135 e. The van der Waals surface area contributed by atoms with E-state index in [0.717, 1.165) is 11.5 Å². The lowest BCUT2D eigenvalue weighted by Crippen LogP contribution is -2.26. The molecule has 0 radical (unpaired) electrons. The van der Waals surface area contributed by atoms with Crippen LogP contribution in [0.25, 0.3) is 0 Å². The first-order valence-electron chi connectivity index (χ1n) is 12.0. The van der Waals surface area contributed by atoms with Gasteiger partial charge in [-0.15, -0.1) is 7.80 Å². The minimum Gasteiger partial charge on any atom is -0.496 e. The van der Waals surface area contributed by atoms with Crippen LogP contribution in [-0.4, -0.2) is 21.8 Å². The second-order valence-corrected chi connectivity index (χ2v) is 14.7. The molecule has 2 rings (SSSR count). The molecule has 190 valence electrons. The van der Waals surface area contributed by atoms with Crippen molar-refractivity contribution in [3.63, 3.8) is 0 Å². The summed E-state index contributed by atoms with van der Waals surface area (Å²) in [5.74, 6) is 2.14. The highest BCUT2D eigenvalue weighted by Gasteiger charge is 2.32. The van der Waals surface area contributed by atoms with Crippen LogP contribution in [0.2, 0.25) is 0 Å². The van der Waals surface area contributed by atoms with Crippen LogP contribution in [0.5, 0.6) is 11.5 Å². The molecule has 0 atom stereocenters. The van der Waals surface area contributed by atoms with E-state index in [4.69, 9.17) is 9.47 Å². The van der Waals surface area contributed by atoms with E-state index in [2.05, 4.69) is 107 Å². The van der Waals surface area contributed by atoms with Crippen molar-refractivity contribution in [1.82, 2.24) is 0 Å². The molecule has 0 saturated carbocycles. The summed E-state index contributed by atoms with van der Waals surface area (Å²) in [6.07, 6.45) is 0. The number of benzene rings is 2. The number of methoxy groups -OCH3 is 2. The average Bonchev–Trinajstić information content (AvgIpc) is 2.68. The fraction of sp³-hybridized carbons (Fsp3) is 0.600. The molecule has 0 heterocycles. The van der Waals surface area contributed by atoms with Gasteiger partial charge in [0.05, 0.1) is 24.8 Å². The Kier molecular flexibility index (Phi) is 8.07. The summed E-state index contributed by atoms with van der Waals surface area (Å²) in [5, 5.41) is 3.09. The van der Waals surface area contributed by atoms with E-state index in [9.17, 15) is 0 Å². The molecule has 0 aromatic heterocycles. The zero-order valence-electron chi connectivity index (χ0n) is 23.6. The van der Waals surface area contributed by atoms with Crippen LogP contribution in [0.15, 0.2) is 24.3 Å². The minimum atomic E-state index is -0.781. The van der Waals surface area contributed by atoms with Gasteiger partial charge >= 0.3 is 0 Å². The first kappa shape index (κ1) is 28.8. The molecule has 4 heteroatoms. The quantitative estimate of drug-likeness (QED) is 0.373. The molecule has 2 aromatic rings. The van der Waals surface area contributed by atoms with Crippen LogP contribution in [-0.2, 0) is 21.7 Å². The summed E-state index contributed by atoms with van der Waals surface area (Å²) < 4.78 is 12.1. The molecular formula is C30H50BO2P. The second kappa shape index (κ2) is 9.53. The molecule has 34 heavy (non-hydrogen) atoms. The zero-order chi connectivity index (χ0) is 26.4. The van der Waals surface area contributed by atoms with E-state index in [1.54, 1.807) is 10.6 Å². The molecule has 0 aliphatic carbocycles. The van der Waals surface area contributed by atoms with Gasteiger partial charge in [-0.05, 0) is 45.9 Å². The lowest BCUT2D eigenvalue weighted by Gasteiger charge is -2.32. The first-order valence-corrected chi connectivity index (χ1v) is 13.0. The average molecular weight is 485 g/mol. The van der Waals surface area contributed by atoms with Crippen LogP contribution in [0.4, 0.5) is 0 Å². The number of hydrogen-bond acceptors (Lipinski definition) is 2. The van der Waals surface area contributed by atoms with Gasteiger partial charge < -0.3 is 9.47 Å². The lowest BCUT2D eigenvalue weighted by molar-refractivity contribution is 0.381. The molecular weight excluding hydrogens is 434 g/mol. The van der Waals surface area contributed by atoms with Crippen molar-refractivity contribution in [3.05, 3.63) is 46.5 Å². The summed E-state index contributed by atoms with van der Waals surface area (Å²) in [5.41, 5.74) is 5.43. The molecule has 0 bridgehead atoms. The highest BCUT2D eigenvalue weighted by atomic mass is 31.1. The highest BCUT2D eigenvalue weighted by Crippen LogP contribution is 2.44. The minimum absolute atomic E-state index is 0.0244. The third-order valence-electron chi connectivity index (χ3n) is 6.11. The van der Waals surface area contributed by atoms with Gasteiger partial charge in [0.15, 0.2) is 0 Å². The van der Waals surface area contributed by atoms with Crippen LogP contribution in [0.1, 0.15) is 105 Å². The van der Waals surface area contributed by atoms with Crippen molar-refractivity contribution < 1.29 is 9.47 Å². The van der Waals surface area contributed by atoms with E-state index in [-0.39, 0.29) is 29.2 Å². The second-order valence-electron chi connectivity index (χ2n) is 13.3. The van der Waals surface area contributed by atoms with Gasteiger partial charge in [-0.1, -0.05) is 83.1 Å². The third-order valence-corrected chi connectivity index (χ3v) is 7.26. The molecule has 0 unspecified atom stereocenters. The van der Waals surface area contributed by atoms with Crippen LogP contribution >= 0.6 is 7.80 Å². The maximum absolute atomic E-state index is 6.04. The Labute approximate surface area is 212 Å². The monoisotopic (exact) mass is 484 g/mol. The van der Waals surface area contributed by atoms with Crippen LogP contribution in [0.3, 0.4) is 0 Å². The molecule has 0 amide bonds. The number of rotatable bonds is 4. The Morgan fingerprint density at radius 3 is 0.853 bits per heavy atom. The molecule has 0 saturated heterocycles. The standard InChI is InChI=1S/C30H50BO2P/c1-27(2,3)21-15-19(16-22(25(21)32-13)28(4,5)6)34(31)20-17-23(29(7,8)9)26(33-14)24(18-20)30(10,11)12/h15-18,34H,1-14,31H3. The fourth-order valence-electron chi connectivity index (χ4n) is 4.24. The number of ether oxygens (including phenoxy) is 2. The largest absolute Gasteiger partial charge is 0.496 e. The van der Waals surface area contributed by atoms with Crippen molar-refractivity contribution in [1.29, 1.82) is 0 Å². The summed E-state index contributed by atoms with van der Waals surface area (Å²) in [6, 6.07) is 9.92. The fourth-order valence-corrected chi connectivity index (χ4v) is 5.44. The van der Waals surface area contributed by atoms with Gasteiger partial charge in [0.1, 0.15) is 19.1 Å². The summed E-state index contributed by atoms with van der Waals surface area (Å²) >= 11 is 0. The Bertz CT molecular complexity index is 874. The van der Waals surface area contributed by atoms with Crippen molar-refractivity contribution in [3.8, 4) is 11.5 Å². The summed E-state index contributed by atoms with van der Waals surface area (Å²) in [7, 11) is 2.94. The number of hydrogen-bond donors (Lipinski definition) is 0. The van der Waals surface area contributed by atoms with Gasteiger partial charge in [0, 0.05) is 22.3 Å². The maximum Gasteiger partial charge on any atom is 0.135 e. The molecule has 0 aliphatic rings. The van der Waals surface area contributed by atoms with Crippen molar-refractivity contribution >= 4 is 26.0 Å². The van der Waals surface area contributed by atoms with Gasteiger partial charge in [-0.2, -0.15) is 0 Å². The van der Waals surface area contributed by atoms with E-state index in [1.807, 2.05) is 14.2 Å². The molecule has 0 aliphatic heterocycles. The molecule has 0 spiro atoms. The van der Waals surface area contributed by atoms with Crippen molar-refractivity contribution in [2.75, 3.05) is 14.2 Å². The molecule has 2 nitrogen and oxygen atoms in total. The van der Waals surface area contributed by atoms with E-state index >= 15 is 0 Å². The third kappa shape index (κ3) is 6.02. The normalized spacial score (nSPS) is 13.4. The van der Waals surface area contributed by atoms with Gasteiger partial charge in [0.2, 0.25) is 0 Å². The lowest BCUT2D eigenvalue weighted by atomic mass is 9.79. The zero-order valence-corrected chi connectivity index (χ0v) is 24.6. The van der Waals surface area contributed by atoms with E-state index in [0.29, 0.717) is 0 Å². The summed E-state index contributed by atoms with van der Waals surface area (Å²) in [6.45, 7) is 27.6. The predicted octanol–water partition coefficient (Wildman–Crippen LogP) is 6.34. The van der Waals surface area contributed by atoms with Crippen molar-refractivity contribution in [2.45, 2.75) is 105 Å². The van der Waals surface area contributed by atoms with Gasteiger partial charge in [-0.25, -0.2) is 0 Å². The molecule has 2 aromatic carbocycles. The van der Waals surface area contributed by atoms with E-state index < -0.39 is 7.80 Å².